The molecule has 2 heteroatoms. The summed E-state index contributed by atoms with van der Waals surface area (Å²) in [5.74, 6) is 0.918. The Morgan fingerprint density at radius 2 is 1.67 bits per heavy atom. The lowest BCUT2D eigenvalue weighted by molar-refractivity contribution is -0.131. The van der Waals surface area contributed by atoms with Crippen LogP contribution in [0, 0.1) is 5.92 Å². The van der Waals surface area contributed by atoms with Crippen molar-refractivity contribution < 1.29 is 4.79 Å². The zero-order valence-electron chi connectivity index (χ0n) is 11.3. The number of hydrogen-bond acceptors (Lipinski definition) is 2. The first-order valence-electron chi connectivity index (χ1n) is 6.15. The highest BCUT2D eigenvalue weighted by Crippen LogP contribution is 2.26. The predicted octanol–water partition coefficient (Wildman–Crippen LogP) is 3.11. The minimum Gasteiger partial charge on any atom is -0.298 e. The molecule has 0 aliphatic rings. The SMILES string of the molecule is CCC(C)CC(=O)C(CC)(CC)N(C)C. The average Bonchev–Trinajstić information content (AvgIpc) is 2.19. The van der Waals surface area contributed by atoms with Crippen LogP contribution < -0.4 is 0 Å². The van der Waals surface area contributed by atoms with E-state index in [0.717, 1.165) is 25.7 Å². The van der Waals surface area contributed by atoms with E-state index < -0.39 is 0 Å². The van der Waals surface area contributed by atoms with Crippen molar-refractivity contribution in [2.45, 2.75) is 58.9 Å². The molecule has 0 amide bonds. The minimum atomic E-state index is -0.233. The van der Waals surface area contributed by atoms with E-state index in [1.807, 2.05) is 14.1 Å². The van der Waals surface area contributed by atoms with Gasteiger partial charge < -0.3 is 0 Å². The zero-order chi connectivity index (χ0) is 12.1. The molecule has 0 aliphatic carbocycles. The van der Waals surface area contributed by atoms with Crippen LogP contribution in [0.2, 0.25) is 0 Å². The topological polar surface area (TPSA) is 20.3 Å². The summed E-state index contributed by atoms with van der Waals surface area (Å²) in [7, 11) is 4.03. The van der Waals surface area contributed by atoms with Crippen molar-refractivity contribution in [1.82, 2.24) is 4.90 Å². The molecular formula is C13H27NO. The smallest absolute Gasteiger partial charge is 0.153 e. The molecule has 0 spiro atoms. The summed E-state index contributed by atoms with van der Waals surface area (Å²) in [5.41, 5.74) is -0.233. The highest BCUT2D eigenvalue weighted by Gasteiger charge is 2.36. The van der Waals surface area contributed by atoms with Crippen LogP contribution in [0.5, 0.6) is 0 Å². The number of carbonyl (C=O) groups is 1. The molecule has 0 saturated heterocycles. The molecule has 0 aromatic rings. The Kier molecular flexibility index (Phi) is 6.11. The molecule has 0 saturated carbocycles. The summed E-state index contributed by atoms with van der Waals surface area (Å²) < 4.78 is 0. The Bertz CT molecular complexity index is 195. The van der Waals surface area contributed by atoms with E-state index in [1.54, 1.807) is 0 Å². The van der Waals surface area contributed by atoms with Gasteiger partial charge in [-0.1, -0.05) is 34.1 Å². The molecule has 0 rings (SSSR count). The maximum atomic E-state index is 12.3. The minimum absolute atomic E-state index is 0.233. The lowest BCUT2D eigenvalue weighted by Crippen LogP contribution is -2.50. The third-order valence-electron chi connectivity index (χ3n) is 3.78. The van der Waals surface area contributed by atoms with Crippen LogP contribution in [0.15, 0.2) is 0 Å². The molecule has 1 atom stereocenters. The largest absolute Gasteiger partial charge is 0.298 e. The van der Waals surface area contributed by atoms with Crippen LogP contribution in [-0.4, -0.2) is 30.3 Å². The van der Waals surface area contributed by atoms with Crippen LogP contribution in [0.1, 0.15) is 53.4 Å². The van der Waals surface area contributed by atoms with Gasteiger partial charge >= 0.3 is 0 Å². The number of nitrogens with zero attached hydrogens (tertiary/aromatic N) is 1. The molecule has 90 valence electrons. The van der Waals surface area contributed by atoms with Crippen LogP contribution in [0.25, 0.3) is 0 Å². The van der Waals surface area contributed by atoms with Crippen LogP contribution in [0.4, 0.5) is 0 Å². The van der Waals surface area contributed by atoms with E-state index in [1.165, 1.54) is 0 Å². The lowest BCUT2D eigenvalue weighted by Gasteiger charge is -2.37. The molecule has 1 unspecified atom stereocenters. The number of rotatable bonds is 7. The van der Waals surface area contributed by atoms with Crippen molar-refractivity contribution in [3.63, 3.8) is 0 Å². The maximum absolute atomic E-state index is 12.3. The van der Waals surface area contributed by atoms with Crippen molar-refractivity contribution in [1.29, 1.82) is 0 Å². The van der Waals surface area contributed by atoms with E-state index in [-0.39, 0.29) is 5.54 Å². The van der Waals surface area contributed by atoms with Gasteiger partial charge in [0.15, 0.2) is 5.78 Å². The van der Waals surface area contributed by atoms with Crippen LogP contribution in [-0.2, 0) is 4.79 Å². The van der Waals surface area contributed by atoms with Crippen molar-refractivity contribution in [2.75, 3.05) is 14.1 Å². The fourth-order valence-electron chi connectivity index (χ4n) is 2.18. The van der Waals surface area contributed by atoms with Gasteiger partial charge in [-0.3, -0.25) is 9.69 Å². The van der Waals surface area contributed by atoms with Gasteiger partial charge in [0.25, 0.3) is 0 Å². The fourth-order valence-corrected chi connectivity index (χ4v) is 2.18. The molecule has 0 radical (unpaired) electrons. The molecule has 0 heterocycles. The third-order valence-corrected chi connectivity index (χ3v) is 3.78. The van der Waals surface area contributed by atoms with Crippen molar-refractivity contribution in [2.24, 2.45) is 5.92 Å². The zero-order valence-corrected chi connectivity index (χ0v) is 11.3. The Morgan fingerprint density at radius 3 is 1.93 bits per heavy atom. The second kappa shape index (κ2) is 6.26. The average molecular weight is 213 g/mol. The molecule has 0 N–H and O–H groups in total. The summed E-state index contributed by atoms with van der Waals surface area (Å²) in [6.07, 6.45) is 3.62. The van der Waals surface area contributed by atoms with Gasteiger partial charge in [-0.15, -0.1) is 0 Å². The molecule has 0 aliphatic heterocycles. The Hall–Kier alpha value is -0.370. The van der Waals surface area contributed by atoms with E-state index in [9.17, 15) is 4.79 Å². The molecule has 15 heavy (non-hydrogen) atoms. The first kappa shape index (κ1) is 14.6. The van der Waals surface area contributed by atoms with E-state index >= 15 is 0 Å². The van der Waals surface area contributed by atoms with Gasteiger partial charge in [0.2, 0.25) is 0 Å². The first-order valence-corrected chi connectivity index (χ1v) is 6.15. The van der Waals surface area contributed by atoms with E-state index in [4.69, 9.17) is 0 Å². The molecular weight excluding hydrogens is 186 g/mol. The predicted molar refractivity (Wildman–Crippen MR) is 66.1 cm³/mol. The number of ketones is 1. The molecule has 0 bridgehead atoms. The standard InChI is InChI=1S/C13H27NO/c1-7-11(4)10-12(15)13(8-2,9-3)14(5)6/h11H,7-10H2,1-6H3. The number of hydrogen-bond donors (Lipinski definition) is 0. The number of carbonyl (C=O) groups excluding carboxylic acids is 1. The van der Waals surface area contributed by atoms with Crippen molar-refractivity contribution in [3.05, 3.63) is 0 Å². The van der Waals surface area contributed by atoms with Gasteiger partial charge in [-0.25, -0.2) is 0 Å². The highest BCUT2D eigenvalue weighted by atomic mass is 16.1. The Morgan fingerprint density at radius 1 is 1.20 bits per heavy atom. The Balaban J connectivity index is 4.70. The lowest BCUT2D eigenvalue weighted by atomic mass is 9.82. The molecule has 0 fully saturated rings. The van der Waals surface area contributed by atoms with E-state index in [0.29, 0.717) is 11.7 Å². The summed E-state index contributed by atoms with van der Waals surface area (Å²) in [6.45, 7) is 8.52. The number of Topliss-reactive ketones (excluding diaryl/α,β-unsaturated/α-hetero) is 1. The van der Waals surface area contributed by atoms with Crippen LogP contribution in [0.3, 0.4) is 0 Å². The second-order valence-electron chi connectivity index (χ2n) is 4.77. The van der Waals surface area contributed by atoms with Crippen molar-refractivity contribution >= 4 is 5.78 Å². The second-order valence-corrected chi connectivity index (χ2v) is 4.77. The van der Waals surface area contributed by atoms with Gasteiger partial charge in [0.05, 0.1) is 5.54 Å². The Labute approximate surface area is 95.0 Å². The van der Waals surface area contributed by atoms with E-state index in [2.05, 4.69) is 32.6 Å². The summed E-state index contributed by atoms with van der Waals surface area (Å²) in [4.78, 5) is 14.4. The summed E-state index contributed by atoms with van der Waals surface area (Å²) >= 11 is 0. The fraction of sp³-hybridized carbons (Fsp3) is 0.923. The molecule has 0 aromatic carbocycles. The van der Waals surface area contributed by atoms with Crippen LogP contribution >= 0.6 is 0 Å². The van der Waals surface area contributed by atoms with Gasteiger partial charge in [0.1, 0.15) is 0 Å². The molecule has 2 nitrogen and oxygen atoms in total. The summed E-state index contributed by atoms with van der Waals surface area (Å²) in [6, 6.07) is 0. The van der Waals surface area contributed by atoms with Gasteiger partial charge in [-0.2, -0.15) is 0 Å². The van der Waals surface area contributed by atoms with Gasteiger partial charge in [0, 0.05) is 6.42 Å². The normalized spacial score (nSPS) is 14.3. The monoisotopic (exact) mass is 213 g/mol. The maximum Gasteiger partial charge on any atom is 0.153 e. The molecule has 0 aromatic heterocycles. The van der Waals surface area contributed by atoms with Crippen molar-refractivity contribution in [3.8, 4) is 0 Å². The first-order chi connectivity index (χ1) is 6.94. The quantitative estimate of drug-likeness (QED) is 0.647. The van der Waals surface area contributed by atoms with Gasteiger partial charge in [-0.05, 0) is 32.9 Å². The number of likely N-dealkylation sites (N-methyl/N-ethyl adjacent to an activating group) is 1. The third kappa shape index (κ3) is 3.30. The summed E-state index contributed by atoms with van der Waals surface area (Å²) in [5, 5.41) is 0. The highest BCUT2D eigenvalue weighted by molar-refractivity contribution is 5.88.